The molecule has 1 aromatic carbocycles. The predicted molar refractivity (Wildman–Crippen MR) is 79.6 cm³/mol. The van der Waals surface area contributed by atoms with Crippen LogP contribution in [-0.2, 0) is 6.54 Å². The summed E-state index contributed by atoms with van der Waals surface area (Å²) in [7, 11) is 0. The maximum atomic E-state index is 9.36. The van der Waals surface area contributed by atoms with E-state index in [1.165, 1.54) is 0 Å². The molecule has 104 valence electrons. The second-order valence-corrected chi connectivity index (χ2v) is 5.91. The van der Waals surface area contributed by atoms with Gasteiger partial charge in [-0.2, -0.15) is 5.26 Å². The Bertz CT molecular complexity index is 641. The summed E-state index contributed by atoms with van der Waals surface area (Å²) in [5.74, 6) is 0.877. The molecular formula is C16H20N4. The first kappa shape index (κ1) is 14.3. The Morgan fingerprint density at radius 3 is 2.65 bits per heavy atom. The van der Waals surface area contributed by atoms with E-state index >= 15 is 0 Å². The van der Waals surface area contributed by atoms with Gasteiger partial charge >= 0.3 is 0 Å². The number of nitriles is 1. The van der Waals surface area contributed by atoms with Crippen molar-refractivity contribution in [3.05, 3.63) is 47.5 Å². The van der Waals surface area contributed by atoms with Gasteiger partial charge in [-0.05, 0) is 45.4 Å². The number of aryl methyl sites for hydroxylation is 1. The molecule has 2 rings (SSSR count). The zero-order chi connectivity index (χ0) is 14.8. The van der Waals surface area contributed by atoms with E-state index in [1.807, 2.05) is 35.9 Å². The van der Waals surface area contributed by atoms with E-state index in [4.69, 9.17) is 0 Å². The lowest BCUT2D eigenvalue weighted by Crippen LogP contribution is -2.35. The molecule has 0 aliphatic rings. The van der Waals surface area contributed by atoms with Crippen LogP contribution in [0.5, 0.6) is 0 Å². The molecular weight excluding hydrogens is 248 g/mol. The monoisotopic (exact) mass is 268 g/mol. The summed E-state index contributed by atoms with van der Waals surface area (Å²) < 4.78 is 1.93. The largest absolute Gasteiger partial charge is 0.308 e. The number of hydrogen-bond acceptors (Lipinski definition) is 3. The maximum Gasteiger partial charge on any atom is 0.110 e. The first-order chi connectivity index (χ1) is 9.40. The number of benzene rings is 1. The molecule has 0 saturated carbocycles. The van der Waals surface area contributed by atoms with Gasteiger partial charge in [0.1, 0.15) is 11.9 Å². The second kappa shape index (κ2) is 5.48. The molecule has 0 saturated heterocycles. The average molecular weight is 268 g/mol. The molecule has 2 aromatic rings. The van der Waals surface area contributed by atoms with Crippen LogP contribution in [0.25, 0.3) is 5.69 Å². The molecule has 0 unspecified atom stereocenters. The minimum Gasteiger partial charge on any atom is -0.308 e. The highest BCUT2D eigenvalue weighted by molar-refractivity contribution is 5.51. The van der Waals surface area contributed by atoms with E-state index in [2.05, 4.69) is 37.1 Å². The molecule has 0 amide bonds. The van der Waals surface area contributed by atoms with Crippen molar-refractivity contribution in [3.8, 4) is 11.8 Å². The van der Waals surface area contributed by atoms with Crippen molar-refractivity contribution in [3.63, 3.8) is 0 Å². The number of nitrogens with zero attached hydrogens (tertiary/aromatic N) is 3. The molecule has 0 atom stereocenters. The van der Waals surface area contributed by atoms with E-state index < -0.39 is 0 Å². The lowest BCUT2D eigenvalue weighted by atomic mass is 10.1. The average Bonchev–Trinajstić information content (AvgIpc) is 2.81. The standard InChI is InChI=1S/C16H20N4/c1-12-18-7-8-20(12)15-6-5-13(9-14(15)10-17)11-19-16(2,3)4/h5-9,19H,11H2,1-4H3. The number of hydrogen-bond donors (Lipinski definition) is 1. The Balaban J connectivity index is 2.30. The van der Waals surface area contributed by atoms with E-state index in [1.54, 1.807) is 6.20 Å². The minimum absolute atomic E-state index is 0.0619. The van der Waals surface area contributed by atoms with E-state index in [0.29, 0.717) is 5.56 Å². The number of nitrogens with one attached hydrogen (secondary N) is 1. The van der Waals surface area contributed by atoms with Gasteiger partial charge in [-0.15, -0.1) is 0 Å². The van der Waals surface area contributed by atoms with Crippen molar-refractivity contribution >= 4 is 0 Å². The van der Waals surface area contributed by atoms with Gasteiger partial charge in [0, 0.05) is 24.5 Å². The third kappa shape index (κ3) is 3.25. The Labute approximate surface area is 120 Å². The van der Waals surface area contributed by atoms with Gasteiger partial charge in [0.15, 0.2) is 0 Å². The van der Waals surface area contributed by atoms with E-state index in [9.17, 15) is 5.26 Å². The summed E-state index contributed by atoms with van der Waals surface area (Å²) >= 11 is 0. The quantitative estimate of drug-likeness (QED) is 0.931. The van der Waals surface area contributed by atoms with Crippen LogP contribution in [-0.4, -0.2) is 15.1 Å². The topological polar surface area (TPSA) is 53.6 Å². The molecule has 0 fully saturated rings. The second-order valence-electron chi connectivity index (χ2n) is 5.91. The van der Waals surface area contributed by atoms with Crippen molar-refractivity contribution in [2.75, 3.05) is 0 Å². The lowest BCUT2D eigenvalue weighted by molar-refractivity contribution is 0.424. The Hall–Kier alpha value is -2.12. The summed E-state index contributed by atoms with van der Waals surface area (Å²) in [5.41, 5.74) is 2.71. The van der Waals surface area contributed by atoms with Crippen LogP contribution in [0.2, 0.25) is 0 Å². The SMILES string of the molecule is Cc1nccn1-c1ccc(CNC(C)(C)C)cc1C#N. The predicted octanol–water partition coefficient (Wildman–Crippen LogP) is 2.94. The molecule has 0 aliphatic heterocycles. The molecule has 0 radical (unpaired) electrons. The highest BCUT2D eigenvalue weighted by atomic mass is 15.1. The van der Waals surface area contributed by atoms with Crippen LogP contribution in [0.1, 0.15) is 37.7 Å². The summed E-state index contributed by atoms with van der Waals surface area (Å²) in [6.07, 6.45) is 3.62. The van der Waals surface area contributed by atoms with Gasteiger partial charge in [-0.25, -0.2) is 4.98 Å². The fourth-order valence-corrected chi connectivity index (χ4v) is 1.99. The molecule has 1 heterocycles. The van der Waals surface area contributed by atoms with Gasteiger partial charge in [-0.3, -0.25) is 0 Å². The van der Waals surface area contributed by atoms with Crippen molar-refractivity contribution < 1.29 is 0 Å². The zero-order valence-corrected chi connectivity index (χ0v) is 12.4. The Kier molecular flexibility index (Phi) is 3.91. The summed E-state index contributed by atoms with van der Waals surface area (Å²) in [5, 5.41) is 12.8. The maximum absolute atomic E-state index is 9.36. The fourth-order valence-electron chi connectivity index (χ4n) is 1.99. The van der Waals surface area contributed by atoms with Gasteiger partial charge in [0.25, 0.3) is 0 Å². The molecule has 1 aromatic heterocycles. The van der Waals surface area contributed by atoms with Gasteiger partial charge in [0.05, 0.1) is 11.3 Å². The molecule has 0 aliphatic carbocycles. The minimum atomic E-state index is 0.0619. The van der Waals surface area contributed by atoms with E-state index in [0.717, 1.165) is 23.6 Å². The lowest BCUT2D eigenvalue weighted by Gasteiger charge is -2.20. The van der Waals surface area contributed by atoms with Crippen molar-refractivity contribution in [2.24, 2.45) is 0 Å². The molecule has 0 spiro atoms. The number of imidazole rings is 1. The van der Waals surface area contributed by atoms with Crippen molar-refractivity contribution in [1.29, 1.82) is 5.26 Å². The molecule has 20 heavy (non-hydrogen) atoms. The fraction of sp³-hybridized carbons (Fsp3) is 0.375. The highest BCUT2D eigenvalue weighted by Gasteiger charge is 2.11. The van der Waals surface area contributed by atoms with Gasteiger partial charge in [-0.1, -0.05) is 6.07 Å². The van der Waals surface area contributed by atoms with Crippen LogP contribution in [0.15, 0.2) is 30.6 Å². The van der Waals surface area contributed by atoms with Crippen LogP contribution in [0, 0.1) is 18.3 Å². The first-order valence-electron chi connectivity index (χ1n) is 6.69. The van der Waals surface area contributed by atoms with Crippen LogP contribution < -0.4 is 5.32 Å². The first-order valence-corrected chi connectivity index (χ1v) is 6.69. The Morgan fingerprint density at radius 1 is 1.35 bits per heavy atom. The number of aromatic nitrogens is 2. The van der Waals surface area contributed by atoms with Crippen LogP contribution >= 0.6 is 0 Å². The van der Waals surface area contributed by atoms with Crippen molar-refractivity contribution in [2.45, 2.75) is 39.8 Å². The Morgan fingerprint density at radius 2 is 2.10 bits per heavy atom. The van der Waals surface area contributed by atoms with Crippen molar-refractivity contribution in [1.82, 2.24) is 14.9 Å². The highest BCUT2D eigenvalue weighted by Crippen LogP contribution is 2.18. The third-order valence-electron chi connectivity index (χ3n) is 3.09. The summed E-state index contributed by atoms with van der Waals surface area (Å²) in [4.78, 5) is 4.20. The summed E-state index contributed by atoms with van der Waals surface area (Å²) in [6.45, 7) is 9.06. The van der Waals surface area contributed by atoms with Crippen LogP contribution in [0.3, 0.4) is 0 Å². The molecule has 4 heteroatoms. The molecule has 0 bridgehead atoms. The third-order valence-corrected chi connectivity index (χ3v) is 3.09. The molecule has 1 N–H and O–H groups in total. The van der Waals surface area contributed by atoms with Gasteiger partial charge in [0.2, 0.25) is 0 Å². The van der Waals surface area contributed by atoms with Gasteiger partial charge < -0.3 is 9.88 Å². The smallest absolute Gasteiger partial charge is 0.110 e. The summed E-state index contributed by atoms with van der Waals surface area (Å²) in [6, 6.07) is 8.24. The van der Waals surface area contributed by atoms with Crippen LogP contribution in [0.4, 0.5) is 0 Å². The number of rotatable bonds is 3. The van der Waals surface area contributed by atoms with E-state index in [-0.39, 0.29) is 5.54 Å². The molecule has 4 nitrogen and oxygen atoms in total. The zero-order valence-electron chi connectivity index (χ0n) is 12.4. The normalized spacial score (nSPS) is 11.3.